The number of aliphatic hydroxyl groups excluding tert-OH is 1. The van der Waals surface area contributed by atoms with E-state index in [-0.39, 0.29) is 22.6 Å². The number of carbonyl (C=O) groups excluding carboxylic acids is 6. The number of anilines is 2. The second kappa shape index (κ2) is 26.3. The van der Waals surface area contributed by atoms with Crippen molar-refractivity contribution in [3.63, 3.8) is 0 Å². The van der Waals surface area contributed by atoms with Gasteiger partial charge in [-0.05, 0) is 30.2 Å². The molecule has 6 unspecified atom stereocenters. The van der Waals surface area contributed by atoms with Crippen LogP contribution in [0.4, 0.5) is 22.7 Å². The van der Waals surface area contributed by atoms with Crippen molar-refractivity contribution < 1.29 is 54.0 Å². The van der Waals surface area contributed by atoms with Gasteiger partial charge in [0.2, 0.25) is 36.5 Å². The number of nitriles is 1. The molecular formula is C38H48N22O13. The molecule has 35 nitrogen and oxygen atoms in total. The molecule has 0 fully saturated rings. The molecule has 0 aliphatic rings. The molecular weight excluding hydrogens is 973 g/mol. The lowest BCUT2D eigenvalue weighted by Gasteiger charge is -2.32. The third kappa shape index (κ3) is 16.6. The van der Waals surface area contributed by atoms with Crippen LogP contribution in [0.2, 0.25) is 0 Å². The van der Waals surface area contributed by atoms with E-state index in [0.717, 1.165) is 4.90 Å². The van der Waals surface area contributed by atoms with E-state index in [1.807, 2.05) is 10.6 Å². The van der Waals surface area contributed by atoms with Crippen molar-refractivity contribution in [1.82, 2.24) is 26.6 Å². The molecule has 6 atom stereocenters. The van der Waals surface area contributed by atoms with Crippen LogP contribution < -0.4 is 82.8 Å². The van der Waals surface area contributed by atoms with Crippen LogP contribution in [0.3, 0.4) is 0 Å². The van der Waals surface area contributed by atoms with E-state index in [1.165, 1.54) is 61.5 Å². The summed E-state index contributed by atoms with van der Waals surface area (Å²) in [6, 6.07) is 11.3. The van der Waals surface area contributed by atoms with Crippen LogP contribution in [0.25, 0.3) is 0 Å². The van der Waals surface area contributed by atoms with Crippen LogP contribution in [0.5, 0.6) is 0 Å². The number of aliphatic hydroxyl groups is 1. The Bertz CT molecular complexity index is 2680. The van der Waals surface area contributed by atoms with Crippen molar-refractivity contribution in [2.75, 3.05) is 17.0 Å². The summed E-state index contributed by atoms with van der Waals surface area (Å²) in [7, 11) is 0. The van der Waals surface area contributed by atoms with E-state index >= 15 is 0 Å². The highest BCUT2D eigenvalue weighted by molar-refractivity contribution is 5.99. The zero-order chi connectivity index (χ0) is 54.7. The maximum absolute atomic E-state index is 14.5. The molecule has 0 radical (unpaired) electrons. The van der Waals surface area contributed by atoms with Gasteiger partial charge in [-0.3, -0.25) is 49.0 Å². The fourth-order valence-electron chi connectivity index (χ4n) is 6.17. The molecule has 0 heterocycles. The Labute approximate surface area is 409 Å². The van der Waals surface area contributed by atoms with Crippen LogP contribution in [0.1, 0.15) is 29.7 Å². The zero-order valence-electron chi connectivity index (χ0n) is 37.8. The Morgan fingerprint density at radius 3 is 1.55 bits per heavy atom. The number of rotatable bonds is 25. The number of nitrogens with zero attached hydrogens (tertiary/aromatic N) is 8. The first-order valence-electron chi connectivity index (χ1n) is 20.2. The highest BCUT2D eigenvalue weighted by Crippen LogP contribution is 2.41. The average Bonchev–Trinajstić information content (AvgIpc) is 3.31. The van der Waals surface area contributed by atoms with Crippen LogP contribution in [0.15, 0.2) is 86.7 Å². The van der Waals surface area contributed by atoms with E-state index in [0.29, 0.717) is 12.1 Å². The van der Waals surface area contributed by atoms with E-state index in [2.05, 4.69) is 46.4 Å². The van der Waals surface area contributed by atoms with Gasteiger partial charge in [-0.1, -0.05) is 42.5 Å². The normalized spacial score (nSPS) is 13.2. The summed E-state index contributed by atoms with van der Waals surface area (Å²) >= 11 is 0. The number of nitrogens with two attached hydrogens (primary N) is 8. The third-order valence-electron chi connectivity index (χ3n) is 9.18. The van der Waals surface area contributed by atoms with Gasteiger partial charge in [-0.25, -0.2) is 30.7 Å². The Morgan fingerprint density at radius 1 is 0.685 bits per heavy atom. The Hall–Kier alpha value is -10.5. The molecule has 35 heteroatoms. The summed E-state index contributed by atoms with van der Waals surface area (Å²) in [4.78, 5) is 123. The van der Waals surface area contributed by atoms with Gasteiger partial charge < -0.3 is 82.5 Å². The highest BCUT2D eigenvalue weighted by Gasteiger charge is 2.40. The smallest absolute Gasteiger partial charge is 0.301 e. The van der Waals surface area contributed by atoms with Gasteiger partial charge in [0.05, 0.1) is 39.6 Å². The quantitative estimate of drug-likeness (QED) is 0.0123. The topological polar surface area (TPSA) is 595 Å². The van der Waals surface area contributed by atoms with E-state index in [4.69, 9.17) is 51.1 Å². The molecule has 388 valence electrons. The molecule has 0 spiro atoms. The minimum atomic E-state index is -2.24. The Balaban J connectivity index is 2.11. The van der Waals surface area contributed by atoms with Crippen molar-refractivity contribution >= 4 is 81.9 Å². The second-order valence-electron chi connectivity index (χ2n) is 14.5. The average molecular weight is 1020 g/mol. The molecule has 0 bridgehead atoms. The molecule has 3 rings (SSSR count). The second-order valence-corrected chi connectivity index (χ2v) is 14.5. The molecule has 73 heavy (non-hydrogen) atoms. The van der Waals surface area contributed by atoms with Crippen LogP contribution in [0, 0.1) is 31.6 Å². The van der Waals surface area contributed by atoms with E-state index < -0.39 is 136 Å². The van der Waals surface area contributed by atoms with E-state index in [9.17, 15) is 59.4 Å². The summed E-state index contributed by atoms with van der Waals surface area (Å²) in [6.07, 6.45) is -8.36. The van der Waals surface area contributed by atoms with Crippen molar-refractivity contribution in [1.29, 1.82) is 5.26 Å². The fraction of sp³-hybridized carbons (Fsp3) is 0.237. The van der Waals surface area contributed by atoms with E-state index in [1.54, 1.807) is 6.07 Å². The van der Waals surface area contributed by atoms with Gasteiger partial charge in [-0.15, -0.1) is 4.99 Å². The van der Waals surface area contributed by atoms with Gasteiger partial charge >= 0.3 is 11.4 Å². The van der Waals surface area contributed by atoms with Gasteiger partial charge in [0.1, 0.15) is 12.1 Å². The minimum absolute atomic E-state index is 0.0405. The number of carbonyl (C=O) groups is 6. The summed E-state index contributed by atoms with van der Waals surface area (Å²) in [5.41, 5.74) is 42.6. The predicted octanol–water partition coefficient (Wildman–Crippen LogP) is -6.13. The number of nitro groups is 2. The molecule has 0 saturated carbocycles. The van der Waals surface area contributed by atoms with Crippen LogP contribution in [-0.2, 0) is 40.3 Å². The largest absolute Gasteiger partial charge is 0.394 e. The number of hydrogen-bond donors (Lipinski definition) is 16. The Kier molecular flexibility index (Phi) is 20.5. The third-order valence-corrected chi connectivity index (χ3v) is 9.18. The SMILES string of the molecule is CC(N)=NC(NC(=O)C(N=C(N)N)NC(=O)C(N=C(N)N)NC(=O)C(NC(=O)C(CO)N(Cc1ccc(NOO)cc1)c1c([N+](=O)[O-])cc(C#N)cc1[N+](=O)[O-])c1ccccc1)C(=O)NC(N=C(N)N)C(N)=O. The van der Waals surface area contributed by atoms with Gasteiger partial charge in [-0.2, -0.15) is 5.26 Å². The zero-order valence-corrected chi connectivity index (χ0v) is 37.8. The van der Waals surface area contributed by atoms with Crippen molar-refractivity contribution in [3.05, 3.63) is 104 Å². The fourth-order valence-corrected chi connectivity index (χ4v) is 6.17. The first-order valence-corrected chi connectivity index (χ1v) is 20.2. The molecule has 3 aromatic carbocycles. The summed E-state index contributed by atoms with van der Waals surface area (Å²) in [5.74, 6) is -10.7. The number of benzene rings is 3. The van der Waals surface area contributed by atoms with Gasteiger partial charge in [0, 0.05) is 18.7 Å². The number of amides is 6. The number of guanidine groups is 3. The number of hydrogen-bond acceptors (Lipinski definition) is 20. The molecule has 0 aromatic heterocycles. The molecule has 0 aliphatic carbocycles. The lowest BCUT2D eigenvalue weighted by molar-refractivity contribution is -0.392. The van der Waals surface area contributed by atoms with Crippen LogP contribution >= 0.6 is 0 Å². The number of nitrogens with one attached hydrogen (secondary N) is 6. The molecule has 24 N–H and O–H groups in total. The maximum Gasteiger partial charge on any atom is 0.301 e. The molecule has 3 aromatic rings. The molecule has 0 saturated heterocycles. The van der Waals surface area contributed by atoms with Crippen LogP contribution in [-0.4, -0.2) is 117 Å². The number of aliphatic imine (C=N–C) groups is 4. The maximum atomic E-state index is 14.5. The standard InChI is InChI=1S/C38H48N22O13/c1-16(40)48-28(33(65)50-27(26(41)62)54-36(42)43)52-35(67)30(56-38(46)47)53-34(66)29(55-37(44)45)51-32(64)24(19-5-3-2-4-6-19)49-31(63)23(15-61)58(14-17-7-9-20(10-8-17)57-73-72)25-21(59(68)69)11-18(13-39)12-22(25)60(70)71/h2-12,23-24,27-30,57,61,72H,14-15H2,1H3,(H2,40,48)(H2,41,62)(H,49,63)(H,50,65)(H,51,64)(H,52,67)(H,53,66)(H4,42,43,54)(H4,44,45,55)(H4,46,47,56). The summed E-state index contributed by atoms with van der Waals surface area (Å²) < 4.78 is 0. The first-order chi connectivity index (χ1) is 34.4. The monoisotopic (exact) mass is 1020 g/mol. The molecule has 6 amide bonds. The lowest BCUT2D eigenvalue weighted by Crippen LogP contribution is -2.58. The van der Waals surface area contributed by atoms with Crippen molar-refractivity contribution in [3.8, 4) is 6.07 Å². The highest BCUT2D eigenvalue weighted by atomic mass is 17.2. The Morgan fingerprint density at radius 2 is 1.14 bits per heavy atom. The number of primary amides is 1. The van der Waals surface area contributed by atoms with Gasteiger partial charge in [0.25, 0.3) is 23.6 Å². The van der Waals surface area contributed by atoms with Crippen molar-refractivity contribution in [2.45, 2.75) is 50.2 Å². The first kappa shape index (κ1) is 56.9. The minimum Gasteiger partial charge on any atom is -0.394 e. The molecule has 0 aliphatic heterocycles. The predicted molar refractivity (Wildman–Crippen MR) is 254 cm³/mol. The lowest BCUT2D eigenvalue weighted by atomic mass is 10.0. The van der Waals surface area contributed by atoms with Gasteiger partial charge in [0.15, 0.2) is 23.6 Å². The summed E-state index contributed by atoms with van der Waals surface area (Å²) in [6.45, 7) is -0.684. The number of nitro benzene ring substituents is 2. The summed E-state index contributed by atoms with van der Waals surface area (Å²) in [5, 5.41) is 64.8. The number of amidine groups is 1. The van der Waals surface area contributed by atoms with Crippen molar-refractivity contribution in [2.24, 2.45) is 65.8 Å².